The van der Waals surface area contributed by atoms with Gasteiger partial charge >= 0.3 is 0 Å². The van der Waals surface area contributed by atoms with Crippen molar-refractivity contribution >= 4 is 0 Å². The van der Waals surface area contributed by atoms with Crippen molar-refractivity contribution < 1.29 is 4.74 Å². The van der Waals surface area contributed by atoms with Gasteiger partial charge in [0, 0.05) is 12.6 Å². The minimum Gasteiger partial charge on any atom is -0.378 e. The van der Waals surface area contributed by atoms with E-state index in [1.54, 1.807) is 0 Å². The van der Waals surface area contributed by atoms with Crippen molar-refractivity contribution in [1.82, 2.24) is 5.43 Å². The van der Waals surface area contributed by atoms with Crippen molar-refractivity contribution in [1.29, 1.82) is 0 Å². The van der Waals surface area contributed by atoms with E-state index in [-0.39, 0.29) is 0 Å². The summed E-state index contributed by atoms with van der Waals surface area (Å²) in [4.78, 5) is 0. The summed E-state index contributed by atoms with van der Waals surface area (Å²) in [5.41, 5.74) is 5.65. The summed E-state index contributed by atoms with van der Waals surface area (Å²) >= 11 is 0. The Labute approximate surface area is 116 Å². The lowest BCUT2D eigenvalue weighted by atomic mass is 9.77. The normalized spacial score (nSPS) is 23.9. The number of nitrogens with one attached hydrogen (secondary N) is 1. The molecule has 0 heterocycles. The lowest BCUT2D eigenvalue weighted by molar-refractivity contribution is -0.0290. The number of hydrazine groups is 1. The molecule has 3 nitrogen and oxygen atoms in total. The zero-order valence-electron chi connectivity index (χ0n) is 12.1. The fraction of sp³-hybridized carbons (Fsp3) is 0.625. The van der Waals surface area contributed by atoms with E-state index in [9.17, 15) is 0 Å². The number of benzene rings is 1. The molecule has 1 atom stereocenters. The van der Waals surface area contributed by atoms with Crippen LogP contribution in [0.25, 0.3) is 0 Å². The SMILES string of the molecule is CCOC1CC(CC(Cc2cccc(C)c2)NN)C1. The Morgan fingerprint density at radius 2 is 2.21 bits per heavy atom. The van der Waals surface area contributed by atoms with Gasteiger partial charge in [0.25, 0.3) is 0 Å². The van der Waals surface area contributed by atoms with Crippen molar-refractivity contribution in [3.8, 4) is 0 Å². The topological polar surface area (TPSA) is 47.3 Å². The van der Waals surface area contributed by atoms with E-state index in [1.165, 1.54) is 24.0 Å². The molecule has 1 aliphatic rings. The van der Waals surface area contributed by atoms with Crippen molar-refractivity contribution in [2.75, 3.05) is 6.61 Å². The highest BCUT2D eigenvalue weighted by Crippen LogP contribution is 2.33. The van der Waals surface area contributed by atoms with Crippen LogP contribution in [0.1, 0.15) is 37.3 Å². The van der Waals surface area contributed by atoms with Crippen molar-refractivity contribution in [3.63, 3.8) is 0 Å². The molecule has 1 saturated carbocycles. The summed E-state index contributed by atoms with van der Waals surface area (Å²) in [6, 6.07) is 9.05. The molecule has 0 amide bonds. The zero-order valence-corrected chi connectivity index (χ0v) is 12.1. The molecule has 0 aliphatic heterocycles. The fourth-order valence-corrected chi connectivity index (χ4v) is 2.98. The van der Waals surface area contributed by atoms with Crippen molar-refractivity contribution in [3.05, 3.63) is 35.4 Å². The highest BCUT2D eigenvalue weighted by Gasteiger charge is 2.31. The lowest BCUT2D eigenvalue weighted by Gasteiger charge is -2.37. The van der Waals surface area contributed by atoms with Crippen molar-refractivity contribution in [2.24, 2.45) is 11.8 Å². The second-order valence-electron chi connectivity index (χ2n) is 5.71. The van der Waals surface area contributed by atoms with Crippen LogP contribution < -0.4 is 11.3 Å². The third-order valence-electron chi connectivity index (χ3n) is 4.01. The summed E-state index contributed by atoms with van der Waals surface area (Å²) in [5, 5.41) is 0. The summed E-state index contributed by atoms with van der Waals surface area (Å²) in [6.07, 6.45) is 5.04. The molecule has 0 aromatic heterocycles. The monoisotopic (exact) mass is 262 g/mol. The number of hydrogen-bond donors (Lipinski definition) is 2. The molecule has 0 saturated heterocycles. The molecule has 1 aromatic rings. The van der Waals surface area contributed by atoms with E-state index in [0.29, 0.717) is 12.1 Å². The molecular formula is C16H26N2O. The molecule has 0 radical (unpaired) electrons. The van der Waals surface area contributed by atoms with Crippen LogP contribution >= 0.6 is 0 Å². The van der Waals surface area contributed by atoms with Crippen LogP contribution in [-0.2, 0) is 11.2 Å². The lowest BCUT2D eigenvalue weighted by Crippen LogP contribution is -2.42. The highest BCUT2D eigenvalue weighted by atomic mass is 16.5. The summed E-state index contributed by atoms with van der Waals surface area (Å²) in [5.74, 6) is 6.46. The first kappa shape index (κ1) is 14.5. The van der Waals surface area contributed by atoms with Crippen LogP contribution in [0.5, 0.6) is 0 Å². The molecule has 19 heavy (non-hydrogen) atoms. The fourth-order valence-electron chi connectivity index (χ4n) is 2.98. The Morgan fingerprint density at radius 3 is 2.84 bits per heavy atom. The van der Waals surface area contributed by atoms with Gasteiger partial charge in [-0.25, -0.2) is 0 Å². The van der Waals surface area contributed by atoms with Gasteiger partial charge in [-0.15, -0.1) is 0 Å². The first-order valence-electron chi connectivity index (χ1n) is 7.34. The number of aryl methyl sites for hydroxylation is 1. The average molecular weight is 262 g/mol. The molecule has 2 rings (SSSR count). The molecule has 0 spiro atoms. The van der Waals surface area contributed by atoms with Gasteiger partial charge in [0.1, 0.15) is 0 Å². The highest BCUT2D eigenvalue weighted by molar-refractivity contribution is 5.23. The third kappa shape index (κ3) is 4.30. The van der Waals surface area contributed by atoms with Crippen LogP contribution in [0, 0.1) is 12.8 Å². The van der Waals surface area contributed by atoms with Crippen LogP contribution in [0.2, 0.25) is 0 Å². The van der Waals surface area contributed by atoms with Gasteiger partial charge < -0.3 is 4.74 Å². The zero-order chi connectivity index (χ0) is 13.7. The molecule has 1 unspecified atom stereocenters. The van der Waals surface area contributed by atoms with Gasteiger partial charge in [-0.3, -0.25) is 11.3 Å². The first-order chi connectivity index (χ1) is 9.21. The van der Waals surface area contributed by atoms with E-state index < -0.39 is 0 Å². The van der Waals surface area contributed by atoms with Gasteiger partial charge in [0.2, 0.25) is 0 Å². The second-order valence-corrected chi connectivity index (χ2v) is 5.71. The molecule has 1 aliphatic carbocycles. The Kier molecular flexibility index (Phi) is 5.37. The maximum Gasteiger partial charge on any atom is 0.0580 e. The van der Waals surface area contributed by atoms with Crippen molar-refractivity contribution in [2.45, 2.75) is 51.7 Å². The minimum absolute atomic E-state index is 0.370. The largest absolute Gasteiger partial charge is 0.378 e. The minimum atomic E-state index is 0.370. The predicted molar refractivity (Wildman–Crippen MR) is 78.7 cm³/mol. The quantitative estimate of drug-likeness (QED) is 0.586. The smallest absolute Gasteiger partial charge is 0.0580 e. The third-order valence-corrected chi connectivity index (χ3v) is 4.01. The Hall–Kier alpha value is -0.900. The molecule has 3 N–H and O–H groups in total. The molecule has 1 aromatic carbocycles. The van der Waals surface area contributed by atoms with Gasteiger partial charge in [-0.2, -0.15) is 0 Å². The predicted octanol–water partition coefficient (Wildman–Crippen LogP) is 2.57. The van der Waals surface area contributed by atoms with Gasteiger partial charge in [-0.05, 0) is 51.0 Å². The standard InChI is InChI=1S/C16H26N2O/c1-3-19-16-10-14(11-16)9-15(18-17)8-13-6-4-5-12(2)7-13/h4-7,14-16,18H,3,8-11,17H2,1-2H3. The first-order valence-corrected chi connectivity index (χ1v) is 7.34. The average Bonchev–Trinajstić information content (AvgIpc) is 2.35. The molecular weight excluding hydrogens is 236 g/mol. The van der Waals surface area contributed by atoms with Gasteiger partial charge in [0.05, 0.1) is 6.10 Å². The number of hydrogen-bond acceptors (Lipinski definition) is 3. The molecule has 0 bridgehead atoms. The molecule has 3 heteroatoms. The number of nitrogens with two attached hydrogens (primary N) is 1. The summed E-state index contributed by atoms with van der Waals surface area (Å²) in [7, 11) is 0. The number of rotatable bonds is 7. The van der Waals surface area contributed by atoms with Crippen LogP contribution in [0.4, 0.5) is 0 Å². The number of ether oxygens (including phenoxy) is 1. The van der Waals surface area contributed by atoms with E-state index in [0.717, 1.165) is 25.4 Å². The van der Waals surface area contributed by atoms with Gasteiger partial charge in [-0.1, -0.05) is 29.8 Å². The molecule has 106 valence electrons. The van der Waals surface area contributed by atoms with E-state index in [4.69, 9.17) is 10.6 Å². The van der Waals surface area contributed by atoms with Crippen LogP contribution in [0.15, 0.2) is 24.3 Å². The summed E-state index contributed by atoms with van der Waals surface area (Å²) in [6.45, 7) is 5.03. The Bertz CT molecular complexity index is 388. The Morgan fingerprint density at radius 1 is 1.42 bits per heavy atom. The van der Waals surface area contributed by atoms with E-state index in [1.807, 2.05) is 0 Å². The second kappa shape index (κ2) is 7.04. The van der Waals surface area contributed by atoms with Crippen LogP contribution in [-0.4, -0.2) is 18.8 Å². The Balaban J connectivity index is 1.78. The van der Waals surface area contributed by atoms with E-state index >= 15 is 0 Å². The maximum atomic E-state index is 5.70. The molecule has 1 fully saturated rings. The van der Waals surface area contributed by atoms with E-state index in [2.05, 4.69) is 43.5 Å². The van der Waals surface area contributed by atoms with Crippen LogP contribution in [0.3, 0.4) is 0 Å². The maximum absolute atomic E-state index is 5.70. The summed E-state index contributed by atoms with van der Waals surface area (Å²) < 4.78 is 5.61. The van der Waals surface area contributed by atoms with Gasteiger partial charge in [0.15, 0.2) is 0 Å².